The molecule has 0 aromatic rings. The second kappa shape index (κ2) is 10.9. The van der Waals surface area contributed by atoms with Crippen molar-refractivity contribution in [2.75, 3.05) is 33.9 Å². The molecule has 2 saturated carbocycles. The molecule has 200 valence electrons. The van der Waals surface area contributed by atoms with E-state index in [1.54, 1.807) is 21.0 Å². The lowest BCUT2D eigenvalue weighted by Gasteiger charge is -2.54. The molecule has 0 bridgehead atoms. The summed E-state index contributed by atoms with van der Waals surface area (Å²) in [6.45, 7) is 5.32. The maximum absolute atomic E-state index is 13.4. The van der Waals surface area contributed by atoms with Crippen LogP contribution in [0.25, 0.3) is 0 Å². The molecule has 4 fully saturated rings. The molecule has 0 aromatic carbocycles. The van der Waals surface area contributed by atoms with Crippen molar-refractivity contribution < 1.29 is 27.5 Å². The normalized spacial score (nSPS) is 35.0. The maximum Gasteiger partial charge on any atom is 0.410 e. The van der Waals surface area contributed by atoms with Gasteiger partial charge in [-0.05, 0) is 50.9 Å². The van der Waals surface area contributed by atoms with Gasteiger partial charge in [-0.25, -0.2) is 17.5 Å². The van der Waals surface area contributed by atoms with Crippen LogP contribution < -0.4 is 0 Å². The summed E-state index contributed by atoms with van der Waals surface area (Å²) >= 11 is 0. The Morgan fingerprint density at radius 3 is 2.29 bits per heavy atom. The number of carbonyl (C=O) groups is 2. The predicted molar refractivity (Wildman–Crippen MR) is 132 cm³/mol. The van der Waals surface area contributed by atoms with E-state index in [0.29, 0.717) is 38.0 Å². The first-order chi connectivity index (χ1) is 16.6. The Morgan fingerprint density at radius 2 is 1.63 bits per heavy atom. The Bertz CT molecular complexity index is 874. The lowest BCUT2D eigenvalue weighted by molar-refractivity contribution is -0.143. The van der Waals surface area contributed by atoms with E-state index >= 15 is 0 Å². The zero-order chi connectivity index (χ0) is 25.3. The minimum absolute atomic E-state index is 0.0142. The fraction of sp³-hybridized carbons (Fsp3) is 0.920. The van der Waals surface area contributed by atoms with Gasteiger partial charge in [0, 0.05) is 46.4 Å². The average molecular weight is 514 g/mol. The first-order valence-corrected chi connectivity index (χ1v) is 14.8. The van der Waals surface area contributed by atoms with Crippen molar-refractivity contribution in [1.29, 1.82) is 0 Å². The van der Waals surface area contributed by atoms with Crippen LogP contribution in [0.15, 0.2) is 0 Å². The molecule has 2 aliphatic heterocycles. The van der Waals surface area contributed by atoms with E-state index < -0.39 is 10.0 Å². The molecule has 2 heterocycles. The smallest absolute Gasteiger partial charge is 0.410 e. The second-order valence-corrected chi connectivity index (χ2v) is 13.6. The molecular formula is C25H43N3O6S. The molecule has 2 amide bonds. The van der Waals surface area contributed by atoms with Crippen molar-refractivity contribution in [2.45, 2.75) is 101 Å². The Balaban J connectivity index is 1.50. The third-order valence-electron chi connectivity index (χ3n) is 8.81. The van der Waals surface area contributed by atoms with E-state index in [1.807, 2.05) is 16.7 Å². The number of rotatable bonds is 4. The lowest BCUT2D eigenvalue weighted by Crippen LogP contribution is -2.67. The quantitative estimate of drug-likeness (QED) is 0.574. The number of fused-ring (bicyclic) bond motifs is 1. The number of piperazine rings is 1. The average Bonchev–Trinajstić information content (AvgIpc) is 2.83. The number of hydrogen-bond acceptors (Lipinski definition) is 6. The van der Waals surface area contributed by atoms with Crippen molar-refractivity contribution in [3.05, 3.63) is 0 Å². The molecule has 2 saturated heterocycles. The first kappa shape index (κ1) is 26.7. The van der Waals surface area contributed by atoms with E-state index in [4.69, 9.17) is 9.47 Å². The minimum Gasteiger partial charge on any atom is -0.446 e. The van der Waals surface area contributed by atoms with E-state index in [0.717, 1.165) is 51.4 Å². The Hall–Kier alpha value is -1.39. The summed E-state index contributed by atoms with van der Waals surface area (Å²) in [7, 11) is -0.0437. The maximum atomic E-state index is 13.4. The molecule has 4 aliphatic rings. The summed E-state index contributed by atoms with van der Waals surface area (Å²) in [5.74, 6) is 0.720. The van der Waals surface area contributed by atoms with Crippen LogP contribution in [0.3, 0.4) is 0 Å². The molecule has 5 unspecified atom stereocenters. The van der Waals surface area contributed by atoms with Crippen molar-refractivity contribution in [1.82, 2.24) is 14.1 Å². The number of carbonyl (C=O) groups excluding carboxylic acids is 2. The molecular weight excluding hydrogens is 470 g/mol. The Kier molecular flexibility index (Phi) is 8.32. The molecule has 0 spiro atoms. The largest absolute Gasteiger partial charge is 0.446 e. The van der Waals surface area contributed by atoms with Crippen LogP contribution in [-0.2, 0) is 24.3 Å². The highest BCUT2D eigenvalue weighted by atomic mass is 32.2. The molecule has 10 heteroatoms. The van der Waals surface area contributed by atoms with Crippen molar-refractivity contribution in [2.24, 2.45) is 11.8 Å². The molecule has 6 atom stereocenters. The van der Waals surface area contributed by atoms with Gasteiger partial charge in [0.15, 0.2) is 0 Å². The fourth-order valence-corrected chi connectivity index (χ4v) is 8.57. The van der Waals surface area contributed by atoms with Crippen molar-refractivity contribution in [3.8, 4) is 0 Å². The summed E-state index contributed by atoms with van der Waals surface area (Å²) in [5.41, 5.74) is 0. The summed E-state index contributed by atoms with van der Waals surface area (Å²) < 4.78 is 38.3. The van der Waals surface area contributed by atoms with Crippen LogP contribution in [0.2, 0.25) is 0 Å². The predicted octanol–water partition coefficient (Wildman–Crippen LogP) is 2.84. The van der Waals surface area contributed by atoms with Gasteiger partial charge < -0.3 is 19.3 Å². The van der Waals surface area contributed by atoms with Gasteiger partial charge in [-0.1, -0.05) is 12.8 Å². The molecule has 0 radical (unpaired) electrons. The first-order valence-electron chi connectivity index (χ1n) is 13.3. The van der Waals surface area contributed by atoms with E-state index in [1.165, 1.54) is 4.31 Å². The molecule has 0 N–H and O–H groups in total. The highest BCUT2D eigenvalue weighted by Crippen LogP contribution is 2.44. The van der Waals surface area contributed by atoms with Gasteiger partial charge in [0.2, 0.25) is 15.9 Å². The van der Waals surface area contributed by atoms with E-state index in [-0.39, 0.29) is 41.5 Å². The number of sulfonamides is 1. The monoisotopic (exact) mass is 513 g/mol. The third kappa shape index (κ3) is 5.64. The van der Waals surface area contributed by atoms with Gasteiger partial charge in [0.05, 0.1) is 30.5 Å². The fourth-order valence-electron chi connectivity index (χ4n) is 7.02. The van der Waals surface area contributed by atoms with Gasteiger partial charge >= 0.3 is 6.09 Å². The lowest BCUT2D eigenvalue weighted by atomic mass is 9.69. The summed E-state index contributed by atoms with van der Waals surface area (Å²) in [6.07, 6.45) is 6.97. The van der Waals surface area contributed by atoms with Crippen LogP contribution >= 0.6 is 0 Å². The van der Waals surface area contributed by atoms with Crippen molar-refractivity contribution >= 4 is 22.0 Å². The summed E-state index contributed by atoms with van der Waals surface area (Å²) in [4.78, 5) is 29.8. The van der Waals surface area contributed by atoms with Gasteiger partial charge in [-0.3, -0.25) is 4.79 Å². The van der Waals surface area contributed by atoms with Crippen LogP contribution in [0.1, 0.15) is 71.6 Å². The Labute approximate surface area is 210 Å². The SMILES string of the molecule is CC(=O)N1C2CCC(C3CCCC(S(=O)(=O)N(C)C)C3)CC2N(C(=O)OC2CCOCC2)C[C@@H]1C. The van der Waals surface area contributed by atoms with Gasteiger partial charge in [-0.2, -0.15) is 0 Å². The zero-order valence-corrected chi connectivity index (χ0v) is 22.5. The van der Waals surface area contributed by atoms with Gasteiger partial charge in [0.25, 0.3) is 0 Å². The Morgan fingerprint density at radius 1 is 0.943 bits per heavy atom. The molecule has 2 aliphatic carbocycles. The third-order valence-corrected chi connectivity index (χ3v) is 11.1. The number of amides is 2. The van der Waals surface area contributed by atoms with Crippen LogP contribution in [0, 0.1) is 11.8 Å². The van der Waals surface area contributed by atoms with Crippen LogP contribution in [0.5, 0.6) is 0 Å². The molecule has 9 nitrogen and oxygen atoms in total. The molecule has 4 rings (SSSR count). The highest BCUT2D eigenvalue weighted by molar-refractivity contribution is 7.89. The summed E-state index contributed by atoms with van der Waals surface area (Å²) in [6, 6.07) is -0.163. The van der Waals surface area contributed by atoms with Crippen molar-refractivity contribution in [3.63, 3.8) is 0 Å². The van der Waals surface area contributed by atoms with Crippen LogP contribution in [-0.4, -0.2) is 97.9 Å². The standard InChI is InChI=1S/C25H43N3O6S/c1-17-16-27(25(30)34-21-10-12-33-13-11-21)24-15-20(8-9-23(24)28(17)18(2)29)19-6-5-7-22(14-19)35(31,32)26(3)4/h17,19-24H,5-16H2,1-4H3/t17-,19?,20?,22?,23?,24?/m0/s1. The molecule has 35 heavy (non-hydrogen) atoms. The van der Waals surface area contributed by atoms with E-state index in [9.17, 15) is 18.0 Å². The van der Waals surface area contributed by atoms with E-state index in [2.05, 4.69) is 0 Å². The topological polar surface area (TPSA) is 96.5 Å². The van der Waals surface area contributed by atoms with Gasteiger partial charge in [0.1, 0.15) is 6.10 Å². The summed E-state index contributed by atoms with van der Waals surface area (Å²) in [5, 5.41) is -0.330. The number of ether oxygens (including phenoxy) is 2. The van der Waals surface area contributed by atoms with Crippen LogP contribution in [0.4, 0.5) is 4.79 Å². The minimum atomic E-state index is -3.28. The second-order valence-electron chi connectivity index (χ2n) is 11.2. The zero-order valence-electron chi connectivity index (χ0n) is 21.7. The highest BCUT2D eigenvalue weighted by Gasteiger charge is 2.49. The number of hydrogen-bond donors (Lipinski definition) is 0. The molecule has 0 aromatic heterocycles. The number of nitrogens with zero attached hydrogens (tertiary/aromatic N) is 3. The van der Waals surface area contributed by atoms with Gasteiger partial charge in [-0.15, -0.1) is 0 Å².